The number of aromatic nitrogens is 4. The van der Waals surface area contributed by atoms with Crippen molar-refractivity contribution < 1.29 is 0 Å². The molecule has 0 fully saturated rings. The topological polar surface area (TPSA) is 46.5 Å². The van der Waals surface area contributed by atoms with Crippen molar-refractivity contribution in [2.45, 2.75) is 13.8 Å². The summed E-state index contributed by atoms with van der Waals surface area (Å²) >= 11 is 5.14. The molecular formula is C9H10N4S. The molecule has 0 aliphatic carbocycles. The Labute approximate surface area is 86.7 Å². The van der Waals surface area contributed by atoms with Gasteiger partial charge in [0.25, 0.3) is 0 Å². The minimum Gasteiger partial charge on any atom is -0.335 e. The Balaban J connectivity index is 2.54. The molecule has 72 valence electrons. The number of aromatic amines is 1. The van der Waals surface area contributed by atoms with Crippen LogP contribution in [0.5, 0.6) is 0 Å². The zero-order chi connectivity index (χ0) is 10.1. The smallest absolute Gasteiger partial charge is 0.182 e. The van der Waals surface area contributed by atoms with Gasteiger partial charge in [-0.25, -0.2) is 9.97 Å². The fourth-order valence-corrected chi connectivity index (χ4v) is 1.53. The molecule has 2 aromatic heterocycles. The molecule has 1 N–H and O–H groups in total. The summed E-state index contributed by atoms with van der Waals surface area (Å²) in [4.78, 5) is 11.3. The fourth-order valence-electron chi connectivity index (χ4n) is 1.22. The second-order valence-corrected chi connectivity index (χ2v) is 3.49. The Morgan fingerprint density at radius 1 is 1.29 bits per heavy atom. The maximum atomic E-state index is 5.14. The van der Waals surface area contributed by atoms with Crippen LogP contribution in [0.1, 0.15) is 11.5 Å². The predicted molar refractivity (Wildman–Crippen MR) is 56.0 cm³/mol. The zero-order valence-corrected chi connectivity index (χ0v) is 8.80. The van der Waals surface area contributed by atoms with Gasteiger partial charge in [0, 0.05) is 11.9 Å². The van der Waals surface area contributed by atoms with E-state index in [4.69, 9.17) is 12.2 Å². The van der Waals surface area contributed by atoms with E-state index in [-0.39, 0.29) is 0 Å². The van der Waals surface area contributed by atoms with Crippen LogP contribution in [-0.4, -0.2) is 19.5 Å². The van der Waals surface area contributed by atoms with Crippen molar-refractivity contribution in [2.24, 2.45) is 0 Å². The van der Waals surface area contributed by atoms with Gasteiger partial charge in [-0.1, -0.05) is 0 Å². The van der Waals surface area contributed by atoms with E-state index in [2.05, 4.69) is 15.0 Å². The lowest BCUT2D eigenvalue weighted by Gasteiger charge is -2.00. The van der Waals surface area contributed by atoms with Gasteiger partial charge >= 0.3 is 0 Å². The minimum atomic E-state index is 0.662. The summed E-state index contributed by atoms with van der Waals surface area (Å²) in [6, 6.07) is 0. The molecular weight excluding hydrogens is 196 g/mol. The Morgan fingerprint density at radius 2 is 1.93 bits per heavy atom. The van der Waals surface area contributed by atoms with E-state index < -0.39 is 0 Å². The Morgan fingerprint density at radius 3 is 2.43 bits per heavy atom. The molecule has 2 heterocycles. The molecule has 0 aliphatic heterocycles. The van der Waals surface area contributed by atoms with E-state index in [0.717, 1.165) is 17.2 Å². The molecule has 5 heteroatoms. The number of H-pyrrole nitrogens is 1. The van der Waals surface area contributed by atoms with Crippen molar-refractivity contribution in [1.29, 1.82) is 0 Å². The molecule has 0 bridgehead atoms. The first-order valence-electron chi connectivity index (χ1n) is 4.24. The molecule has 14 heavy (non-hydrogen) atoms. The lowest BCUT2D eigenvalue weighted by molar-refractivity contribution is 0.961. The molecule has 0 saturated carbocycles. The Hall–Kier alpha value is -1.49. The summed E-state index contributed by atoms with van der Waals surface area (Å²) in [6.07, 6.45) is 5.44. The SMILES string of the molecule is Cc1ncc(-n2cc(C)[nH]c2=S)cn1. The summed E-state index contributed by atoms with van der Waals surface area (Å²) in [6.45, 7) is 3.81. The van der Waals surface area contributed by atoms with Crippen molar-refractivity contribution in [1.82, 2.24) is 19.5 Å². The van der Waals surface area contributed by atoms with Gasteiger partial charge in [-0.3, -0.25) is 4.57 Å². The van der Waals surface area contributed by atoms with Gasteiger partial charge in [0.1, 0.15) is 5.82 Å². The molecule has 0 atom stereocenters. The quantitative estimate of drug-likeness (QED) is 0.725. The van der Waals surface area contributed by atoms with Crippen LogP contribution in [-0.2, 0) is 0 Å². The Kier molecular flexibility index (Phi) is 2.17. The standard InChI is InChI=1S/C9H10N4S/c1-6-5-13(9(14)12-6)8-3-10-7(2)11-4-8/h3-5H,1-2H3,(H,12,14). The van der Waals surface area contributed by atoms with Gasteiger partial charge in [0.15, 0.2) is 4.77 Å². The van der Waals surface area contributed by atoms with Crippen LogP contribution in [0.2, 0.25) is 0 Å². The first-order chi connectivity index (χ1) is 6.66. The number of hydrogen-bond donors (Lipinski definition) is 1. The summed E-state index contributed by atoms with van der Waals surface area (Å²) in [7, 11) is 0. The second kappa shape index (κ2) is 3.34. The van der Waals surface area contributed by atoms with Gasteiger partial charge in [-0.2, -0.15) is 0 Å². The fraction of sp³-hybridized carbons (Fsp3) is 0.222. The summed E-state index contributed by atoms with van der Waals surface area (Å²) in [5.74, 6) is 0.757. The van der Waals surface area contributed by atoms with Gasteiger partial charge in [0.2, 0.25) is 0 Å². The lowest BCUT2D eigenvalue weighted by Crippen LogP contribution is -1.95. The lowest BCUT2D eigenvalue weighted by atomic mass is 10.5. The monoisotopic (exact) mass is 206 g/mol. The molecule has 0 saturated heterocycles. The molecule has 0 aliphatic rings. The highest BCUT2D eigenvalue weighted by molar-refractivity contribution is 7.71. The molecule has 0 unspecified atom stereocenters. The first kappa shape index (κ1) is 9.08. The van der Waals surface area contributed by atoms with Gasteiger partial charge in [0.05, 0.1) is 18.1 Å². The molecule has 2 rings (SSSR count). The van der Waals surface area contributed by atoms with Gasteiger partial charge in [-0.15, -0.1) is 0 Å². The van der Waals surface area contributed by atoms with Crippen molar-refractivity contribution >= 4 is 12.2 Å². The van der Waals surface area contributed by atoms with E-state index in [1.54, 1.807) is 12.4 Å². The number of nitrogens with zero attached hydrogens (tertiary/aromatic N) is 3. The molecule has 0 spiro atoms. The highest BCUT2D eigenvalue weighted by Gasteiger charge is 2.00. The van der Waals surface area contributed by atoms with Crippen molar-refractivity contribution in [3.8, 4) is 5.69 Å². The third kappa shape index (κ3) is 1.58. The van der Waals surface area contributed by atoms with Crippen molar-refractivity contribution in [2.75, 3.05) is 0 Å². The number of rotatable bonds is 1. The Bertz CT molecular complexity index is 494. The molecule has 4 nitrogen and oxygen atoms in total. The number of imidazole rings is 1. The van der Waals surface area contributed by atoms with Crippen LogP contribution in [0.4, 0.5) is 0 Å². The maximum Gasteiger partial charge on any atom is 0.182 e. The van der Waals surface area contributed by atoms with Crippen LogP contribution >= 0.6 is 12.2 Å². The van der Waals surface area contributed by atoms with Gasteiger partial charge in [-0.05, 0) is 26.1 Å². The molecule has 2 aromatic rings. The van der Waals surface area contributed by atoms with Crippen LogP contribution in [0, 0.1) is 18.6 Å². The third-order valence-corrected chi connectivity index (χ3v) is 2.19. The molecule has 0 amide bonds. The van der Waals surface area contributed by atoms with E-state index in [9.17, 15) is 0 Å². The zero-order valence-electron chi connectivity index (χ0n) is 7.98. The largest absolute Gasteiger partial charge is 0.335 e. The average Bonchev–Trinajstić information content (AvgIpc) is 2.47. The van der Waals surface area contributed by atoms with Crippen LogP contribution in [0.15, 0.2) is 18.6 Å². The number of hydrogen-bond acceptors (Lipinski definition) is 3. The number of nitrogens with one attached hydrogen (secondary N) is 1. The highest BCUT2D eigenvalue weighted by atomic mass is 32.1. The van der Waals surface area contributed by atoms with Crippen LogP contribution in [0.3, 0.4) is 0 Å². The summed E-state index contributed by atoms with van der Waals surface area (Å²) in [5, 5.41) is 0. The normalized spacial score (nSPS) is 10.4. The highest BCUT2D eigenvalue weighted by Crippen LogP contribution is 2.07. The van der Waals surface area contributed by atoms with E-state index in [0.29, 0.717) is 4.77 Å². The molecule has 0 radical (unpaired) electrons. The van der Waals surface area contributed by atoms with Crippen LogP contribution in [0.25, 0.3) is 5.69 Å². The second-order valence-electron chi connectivity index (χ2n) is 3.10. The summed E-state index contributed by atoms with van der Waals surface area (Å²) < 4.78 is 2.51. The predicted octanol–water partition coefficient (Wildman–Crippen LogP) is 1.94. The minimum absolute atomic E-state index is 0.662. The van der Waals surface area contributed by atoms with Crippen LogP contribution < -0.4 is 0 Å². The maximum absolute atomic E-state index is 5.14. The number of aryl methyl sites for hydroxylation is 2. The van der Waals surface area contributed by atoms with Gasteiger partial charge < -0.3 is 4.98 Å². The third-order valence-electron chi connectivity index (χ3n) is 1.89. The first-order valence-corrected chi connectivity index (χ1v) is 4.65. The van der Waals surface area contributed by atoms with E-state index in [1.807, 2.05) is 24.6 Å². The molecule has 0 aromatic carbocycles. The average molecular weight is 206 g/mol. The van der Waals surface area contributed by atoms with E-state index >= 15 is 0 Å². The summed E-state index contributed by atoms with van der Waals surface area (Å²) in [5.41, 5.74) is 1.90. The van der Waals surface area contributed by atoms with Crippen molar-refractivity contribution in [3.63, 3.8) is 0 Å². The van der Waals surface area contributed by atoms with Crippen molar-refractivity contribution in [3.05, 3.63) is 34.9 Å². The van der Waals surface area contributed by atoms with E-state index in [1.165, 1.54) is 0 Å².